The molecule has 8 nitrogen and oxygen atoms in total. The number of esters is 1. The van der Waals surface area contributed by atoms with Crippen LogP contribution in [-0.4, -0.2) is 55.5 Å². The molecule has 1 saturated carbocycles. The van der Waals surface area contributed by atoms with Gasteiger partial charge in [-0.3, -0.25) is 0 Å². The predicted molar refractivity (Wildman–Crippen MR) is 166 cm³/mol. The Morgan fingerprint density at radius 3 is 2.48 bits per heavy atom. The number of benzene rings is 2. The van der Waals surface area contributed by atoms with Crippen molar-refractivity contribution in [1.29, 1.82) is 0 Å². The van der Waals surface area contributed by atoms with Crippen LogP contribution in [0.2, 0.25) is 0 Å². The van der Waals surface area contributed by atoms with E-state index in [-0.39, 0.29) is 23.6 Å². The molecule has 0 aliphatic heterocycles. The molecule has 1 aromatic heterocycles. The molecule has 1 fully saturated rings. The molecular weight excluding hydrogens is 568 g/mol. The molecule has 1 aliphatic rings. The number of amides is 1. The number of halogens is 2. The number of methoxy groups -OCH3 is 2. The van der Waals surface area contributed by atoms with Gasteiger partial charge in [-0.05, 0) is 94.7 Å². The molecule has 2 aromatic carbocycles. The second-order valence-electron chi connectivity index (χ2n) is 12.1. The van der Waals surface area contributed by atoms with Gasteiger partial charge in [-0.1, -0.05) is 18.2 Å². The second-order valence-corrected chi connectivity index (χ2v) is 12.1. The molecule has 44 heavy (non-hydrogen) atoms. The van der Waals surface area contributed by atoms with E-state index in [9.17, 15) is 18.4 Å². The normalized spacial score (nSPS) is 17.8. The summed E-state index contributed by atoms with van der Waals surface area (Å²) in [6.07, 6.45) is 6.84. The highest BCUT2D eigenvalue weighted by Gasteiger charge is 2.31. The molecule has 4 rings (SSSR count). The summed E-state index contributed by atoms with van der Waals surface area (Å²) in [7, 11) is 2.87. The average molecular weight is 610 g/mol. The first-order valence-electron chi connectivity index (χ1n) is 14.9. The van der Waals surface area contributed by atoms with Crippen LogP contribution in [0.5, 0.6) is 5.88 Å². The molecular formula is C34H41F2N3O5. The number of hydrogen-bond donors (Lipinski definition) is 2. The number of alkyl carbamates (subject to hydrolysis) is 1. The van der Waals surface area contributed by atoms with E-state index in [1.165, 1.54) is 20.3 Å². The number of nitrogens with one attached hydrogen (secondary N) is 2. The van der Waals surface area contributed by atoms with Gasteiger partial charge in [0.1, 0.15) is 17.2 Å². The van der Waals surface area contributed by atoms with Crippen LogP contribution >= 0.6 is 0 Å². The Kier molecular flexibility index (Phi) is 10.9. The van der Waals surface area contributed by atoms with Crippen LogP contribution in [0.4, 0.5) is 13.6 Å². The van der Waals surface area contributed by atoms with Gasteiger partial charge in [0.15, 0.2) is 0 Å². The first kappa shape index (κ1) is 32.9. The van der Waals surface area contributed by atoms with Crippen LogP contribution in [0.15, 0.2) is 48.5 Å². The van der Waals surface area contributed by atoms with E-state index in [4.69, 9.17) is 14.2 Å². The van der Waals surface area contributed by atoms with Crippen LogP contribution in [0.1, 0.15) is 67.9 Å². The molecule has 1 aliphatic carbocycles. The maximum atomic E-state index is 13.9. The molecule has 236 valence electrons. The molecule has 0 unspecified atom stereocenters. The number of nitrogens with zero attached hydrogens (tertiary/aromatic N) is 1. The topological polar surface area (TPSA) is 98.8 Å². The summed E-state index contributed by atoms with van der Waals surface area (Å²) in [5, 5.41) is 7.25. The van der Waals surface area contributed by atoms with Gasteiger partial charge >= 0.3 is 12.1 Å². The Bertz CT molecular complexity index is 1500. The zero-order valence-corrected chi connectivity index (χ0v) is 25.9. The summed E-state index contributed by atoms with van der Waals surface area (Å²) in [6, 6.07) is 10.5. The van der Waals surface area contributed by atoms with Crippen molar-refractivity contribution in [2.75, 3.05) is 20.8 Å². The van der Waals surface area contributed by atoms with Gasteiger partial charge in [0.05, 0.1) is 25.3 Å². The highest BCUT2D eigenvalue weighted by atomic mass is 19.1. The minimum absolute atomic E-state index is 0.165. The Morgan fingerprint density at radius 1 is 1.05 bits per heavy atom. The van der Waals surface area contributed by atoms with E-state index in [0.29, 0.717) is 35.3 Å². The van der Waals surface area contributed by atoms with Crippen molar-refractivity contribution in [1.82, 2.24) is 15.6 Å². The number of fused-ring (bicyclic) bond motifs is 1. The third-order valence-corrected chi connectivity index (χ3v) is 7.79. The fourth-order valence-corrected chi connectivity index (χ4v) is 5.64. The molecule has 0 saturated heterocycles. The number of ether oxygens (including phenoxy) is 3. The van der Waals surface area contributed by atoms with Crippen LogP contribution in [0, 0.1) is 17.6 Å². The Morgan fingerprint density at radius 2 is 1.80 bits per heavy atom. The minimum Gasteiger partial charge on any atom is -0.481 e. The molecule has 0 bridgehead atoms. The zero-order valence-electron chi connectivity index (χ0n) is 25.9. The summed E-state index contributed by atoms with van der Waals surface area (Å²) >= 11 is 0. The summed E-state index contributed by atoms with van der Waals surface area (Å²) in [6.45, 7) is 6.00. The zero-order chi connectivity index (χ0) is 31.9. The molecule has 3 aromatic rings. The lowest BCUT2D eigenvalue weighted by molar-refractivity contribution is 0.0474. The number of rotatable bonds is 10. The van der Waals surface area contributed by atoms with Crippen molar-refractivity contribution < 1.29 is 32.6 Å². The van der Waals surface area contributed by atoms with E-state index in [1.54, 1.807) is 30.4 Å². The molecule has 0 spiro atoms. The van der Waals surface area contributed by atoms with Gasteiger partial charge in [0, 0.05) is 35.6 Å². The van der Waals surface area contributed by atoms with E-state index in [2.05, 4.69) is 15.6 Å². The Labute approximate surface area is 257 Å². The summed E-state index contributed by atoms with van der Waals surface area (Å²) in [4.78, 5) is 30.1. The van der Waals surface area contributed by atoms with E-state index in [0.717, 1.165) is 43.4 Å². The highest BCUT2D eigenvalue weighted by Crippen LogP contribution is 2.32. The van der Waals surface area contributed by atoms with Crippen molar-refractivity contribution >= 4 is 29.0 Å². The smallest absolute Gasteiger partial charge is 0.407 e. The van der Waals surface area contributed by atoms with Crippen LogP contribution in [0.3, 0.4) is 0 Å². The van der Waals surface area contributed by atoms with Gasteiger partial charge in [-0.25, -0.2) is 23.4 Å². The number of pyridine rings is 1. The standard InChI is InChI=1S/C34H41F2N3O5/c1-34(2,3)44-33(41)38-29(20-23-10-14-27(32(40)43-5)26-15-17-30(42-4)39-31(23)26)21-8-12-25(13-9-21)37-18-6-7-22-19-24(35)11-16-28(22)36/h6-7,10-11,14-17,19,21,25,29,37H,8-9,12-13,18,20H2,1-5H3,(H,38,41)/b7-6+/t21?,25?,29-/m0/s1. The van der Waals surface area contributed by atoms with E-state index >= 15 is 0 Å². The van der Waals surface area contributed by atoms with Crippen molar-refractivity contribution in [3.63, 3.8) is 0 Å². The SMILES string of the molecule is COC(=O)c1ccc(C[C@H](NC(=O)OC(C)(C)C)C2CCC(NC/C=C/c3cc(F)ccc3F)CC2)c2nc(OC)ccc12. The lowest BCUT2D eigenvalue weighted by Crippen LogP contribution is -2.46. The molecule has 10 heteroatoms. The number of carbonyl (C=O) groups excluding carboxylic acids is 2. The molecule has 0 radical (unpaired) electrons. The fourth-order valence-electron chi connectivity index (χ4n) is 5.64. The van der Waals surface area contributed by atoms with Crippen molar-refractivity contribution in [3.05, 3.63) is 76.9 Å². The van der Waals surface area contributed by atoms with Gasteiger partial charge in [-0.2, -0.15) is 0 Å². The summed E-state index contributed by atoms with van der Waals surface area (Å²) in [5.74, 6) is -0.822. The highest BCUT2D eigenvalue weighted by molar-refractivity contribution is 6.04. The molecule has 1 heterocycles. The van der Waals surface area contributed by atoms with Gasteiger partial charge < -0.3 is 24.8 Å². The van der Waals surface area contributed by atoms with Gasteiger partial charge in [0.2, 0.25) is 5.88 Å². The van der Waals surface area contributed by atoms with E-state index in [1.807, 2.05) is 26.8 Å². The predicted octanol–water partition coefficient (Wildman–Crippen LogP) is 6.61. The monoisotopic (exact) mass is 609 g/mol. The minimum atomic E-state index is -0.651. The third kappa shape index (κ3) is 8.75. The average Bonchev–Trinajstić information content (AvgIpc) is 2.99. The molecule has 2 N–H and O–H groups in total. The fraction of sp³-hybridized carbons (Fsp3) is 0.441. The van der Waals surface area contributed by atoms with Crippen LogP contribution in [0.25, 0.3) is 17.0 Å². The lowest BCUT2D eigenvalue weighted by atomic mass is 9.79. The van der Waals surface area contributed by atoms with E-state index < -0.39 is 29.3 Å². The maximum absolute atomic E-state index is 13.9. The largest absolute Gasteiger partial charge is 0.481 e. The lowest BCUT2D eigenvalue weighted by Gasteiger charge is -2.35. The molecule has 1 atom stereocenters. The van der Waals surface area contributed by atoms with Crippen molar-refractivity contribution in [2.45, 2.75) is 70.6 Å². The second kappa shape index (κ2) is 14.6. The number of carbonyl (C=O) groups is 2. The number of aromatic nitrogens is 1. The van der Waals surface area contributed by atoms with Crippen LogP contribution < -0.4 is 15.4 Å². The van der Waals surface area contributed by atoms with Crippen LogP contribution in [-0.2, 0) is 15.9 Å². The Hall–Kier alpha value is -4.05. The maximum Gasteiger partial charge on any atom is 0.407 e. The first-order chi connectivity index (χ1) is 21.0. The van der Waals surface area contributed by atoms with Gasteiger partial charge in [0.25, 0.3) is 0 Å². The number of hydrogen-bond acceptors (Lipinski definition) is 7. The summed E-state index contributed by atoms with van der Waals surface area (Å²) < 4.78 is 43.3. The van der Waals surface area contributed by atoms with Gasteiger partial charge in [-0.15, -0.1) is 0 Å². The quantitative estimate of drug-likeness (QED) is 0.250. The first-order valence-corrected chi connectivity index (χ1v) is 14.9. The van der Waals surface area contributed by atoms with Crippen molar-refractivity contribution in [3.8, 4) is 5.88 Å². The Balaban J connectivity index is 1.49. The summed E-state index contributed by atoms with van der Waals surface area (Å²) in [5.41, 5.74) is 1.44. The van der Waals surface area contributed by atoms with Crippen molar-refractivity contribution in [2.24, 2.45) is 5.92 Å². The third-order valence-electron chi connectivity index (χ3n) is 7.79. The molecule has 1 amide bonds.